The highest BCUT2D eigenvalue weighted by atomic mass is 16.3. The van der Waals surface area contributed by atoms with E-state index in [4.69, 9.17) is 10.8 Å². The lowest BCUT2D eigenvalue weighted by atomic mass is 9.64. The summed E-state index contributed by atoms with van der Waals surface area (Å²) in [6, 6.07) is 6.40. The molecule has 15 heavy (non-hydrogen) atoms. The summed E-state index contributed by atoms with van der Waals surface area (Å²) >= 11 is 0. The maximum atomic E-state index is 12.1. The number of phenols is 1. The number of hydrogen-bond acceptors (Lipinski definition) is 3. The minimum absolute atomic E-state index is 0.122. The van der Waals surface area contributed by atoms with Crippen LogP contribution in [0.1, 0.15) is 29.6 Å². The third-order valence-corrected chi connectivity index (χ3v) is 3.31. The van der Waals surface area contributed by atoms with Gasteiger partial charge in [0.05, 0.1) is 0 Å². The quantitative estimate of drug-likeness (QED) is 0.738. The molecule has 0 atom stereocenters. The van der Waals surface area contributed by atoms with Gasteiger partial charge in [0.25, 0.3) is 0 Å². The van der Waals surface area contributed by atoms with Gasteiger partial charge in [0, 0.05) is 17.5 Å². The predicted molar refractivity (Wildman–Crippen MR) is 57.8 cm³/mol. The molecule has 1 fully saturated rings. The molecule has 0 bridgehead atoms. The van der Waals surface area contributed by atoms with Crippen LogP contribution in [0.4, 0.5) is 0 Å². The Kier molecular flexibility index (Phi) is 2.49. The normalized spacial score (nSPS) is 18.2. The van der Waals surface area contributed by atoms with E-state index in [-0.39, 0.29) is 16.9 Å². The second kappa shape index (κ2) is 3.66. The molecule has 0 aromatic heterocycles. The largest absolute Gasteiger partial charge is 0.508 e. The van der Waals surface area contributed by atoms with Gasteiger partial charge in [0.2, 0.25) is 0 Å². The molecule has 80 valence electrons. The van der Waals surface area contributed by atoms with Gasteiger partial charge in [0.15, 0.2) is 5.78 Å². The molecule has 1 aliphatic carbocycles. The summed E-state index contributed by atoms with van der Waals surface area (Å²) in [5.74, 6) is 0.304. The van der Waals surface area contributed by atoms with Crippen LogP contribution < -0.4 is 5.73 Å². The van der Waals surface area contributed by atoms with Crippen LogP contribution in [0, 0.1) is 5.41 Å². The molecule has 0 aliphatic heterocycles. The van der Waals surface area contributed by atoms with Gasteiger partial charge >= 0.3 is 0 Å². The number of ketones is 1. The Balaban J connectivity index is 2.24. The summed E-state index contributed by atoms with van der Waals surface area (Å²) in [7, 11) is 0. The Hall–Kier alpha value is -1.35. The smallest absolute Gasteiger partial charge is 0.170 e. The van der Waals surface area contributed by atoms with Gasteiger partial charge in [-0.25, -0.2) is 0 Å². The molecule has 0 saturated heterocycles. The van der Waals surface area contributed by atoms with E-state index < -0.39 is 0 Å². The first-order valence-electron chi connectivity index (χ1n) is 5.22. The van der Waals surface area contributed by atoms with Crippen LogP contribution in [0.3, 0.4) is 0 Å². The van der Waals surface area contributed by atoms with Crippen molar-refractivity contribution in [3.05, 3.63) is 29.8 Å². The van der Waals surface area contributed by atoms with E-state index >= 15 is 0 Å². The van der Waals surface area contributed by atoms with Crippen molar-refractivity contribution in [1.82, 2.24) is 0 Å². The Morgan fingerprint density at radius 3 is 2.33 bits per heavy atom. The van der Waals surface area contributed by atoms with E-state index in [1.165, 1.54) is 12.1 Å². The molecule has 1 aromatic carbocycles. The van der Waals surface area contributed by atoms with Crippen LogP contribution in [-0.4, -0.2) is 17.4 Å². The summed E-state index contributed by atoms with van der Waals surface area (Å²) in [4.78, 5) is 12.1. The molecule has 3 heteroatoms. The monoisotopic (exact) mass is 205 g/mol. The SMILES string of the molecule is NCC1(C(=O)c2ccc(O)cc2)CCC1. The van der Waals surface area contributed by atoms with Gasteiger partial charge in [0.1, 0.15) is 5.75 Å². The Morgan fingerprint density at radius 2 is 1.93 bits per heavy atom. The molecular weight excluding hydrogens is 190 g/mol. The number of carbonyl (C=O) groups is 1. The van der Waals surface area contributed by atoms with Gasteiger partial charge in [-0.05, 0) is 37.1 Å². The average molecular weight is 205 g/mol. The van der Waals surface area contributed by atoms with E-state index in [0.29, 0.717) is 12.1 Å². The van der Waals surface area contributed by atoms with E-state index in [9.17, 15) is 4.79 Å². The second-order valence-electron chi connectivity index (χ2n) is 4.21. The van der Waals surface area contributed by atoms with E-state index in [1.807, 2.05) is 0 Å². The number of phenolic OH excluding ortho intramolecular Hbond substituents is 1. The third kappa shape index (κ3) is 1.63. The number of Topliss-reactive ketones (excluding diaryl/α,β-unsaturated/α-hetero) is 1. The molecule has 0 unspecified atom stereocenters. The van der Waals surface area contributed by atoms with Crippen LogP contribution in [0.2, 0.25) is 0 Å². The molecule has 2 rings (SSSR count). The van der Waals surface area contributed by atoms with Gasteiger partial charge in [-0.15, -0.1) is 0 Å². The number of aromatic hydroxyl groups is 1. The van der Waals surface area contributed by atoms with Gasteiger partial charge in [-0.2, -0.15) is 0 Å². The van der Waals surface area contributed by atoms with Crippen molar-refractivity contribution in [2.75, 3.05) is 6.54 Å². The highest BCUT2D eigenvalue weighted by Crippen LogP contribution is 2.42. The second-order valence-corrected chi connectivity index (χ2v) is 4.21. The molecule has 0 amide bonds. The fourth-order valence-electron chi connectivity index (χ4n) is 2.05. The van der Waals surface area contributed by atoms with Gasteiger partial charge < -0.3 is 10.8 Å². The molecular formula is C12H15NO2. The van der Waals surface area contributed by atoms with Crippen LogP contribution in [0.15, 0.2) is 24.3 Å². The molecule has 0 heterocycles. The van der Waals surface area contributed by atoms with Crippen molar-refractivity contribution in [2.45, 2.75) is 19.3 Å². The molecule has 0 radical (unpaired) electrons. The fourth-order valence-corrected chi connectivity index (χ4v) is 2.05. The zero-order valence-electron chi connectivity index (χ0n) is 8.57. The first kappa shape index (κ1) is 10.2. The fraction of sp³-hybridized carbons (Fsp3) is 0.417. The molecule has 1 aromatic rings. The zero-order valence-corrected chi connectivity index (χ0v) is 8.57. The number of benzene rings is 1. The van der Waals surface area contributed by atoms with Crippen molar-refractivity contribution in [2.24, 2.45) is 11.1 Å². The van der Waals surface area contributed by atoms with Gasteiger partial charge in [-0.1, -0.05) is 6.42 Å². The first-order valence-corrected chi connectivity index (χ1v) is 5.22. The minimum atomic E-state index is -0.322. The van der Waals surface area contributed by atoms with E-state index in [2.05, 4.69) is 0 Å². The average Bonchev–Trinajstić information content (AvgIpc) is 2.18. The third-order valence-electron chi connectivity index (χ3n) is 3.31. The molecule has 3 nitrogen and oxygen atoms in total. The highest BCUT2D eigenvalue weighted by molar-refractivity contribution is 6.01. The lowest BCUT2D eigenvalue weighted by Gasteiger charge is -2.39. The van der Waals surface area contributed by atoms with Crippen molar-refractivity contribution < 1.29 is 9.90 Å². The van der Waals surface area contributed by atoms with Crippen LogP contribution >= 0.6 is 0 Å². The number of hydrogen-bond donors (Lipinski definition) is 2. The highest BCUT2D eigenvalue weighted by Gasteiger charge is 2.42. The summed E-state index contributed by atoms with van der Waals surface area (Å²) in [6.07, 6.45) is 2.87. The zero-order chi connectivity index (χ0) is 10.9. The predicted octanol–water partition coefficient (Wildman–Crippen LogP) is 1.70. The van der Waals surface area contributed by atoms with E-state index in [1.54, 1.807) is 12.1 Å². The number of rotatable bonds is 3. The molecule has 1 saturated carbocycles. The van der Waals surface area contributed by atoms with Crippen molar-refractivity contribution in [3.63, 3.8) is 0 Å². The first-order chi connectivity index (χ1) is 7.18. The van der Waals surface area contributed by atoms with Crippen molar-refractivity contribution in [1.29, 1.82) is 0 Å². The van der Waals surface area contributed by atoms with Crippen molar-refractivity contribution >= 4 is 5.78 Å². The van der Waals surface area contributed by atoms with Gasteiger partial charge in [-0.3, -0.25) is 4.79 Å². The maximum Gasteiger partial charge on any atom is 0.170 e. The molecule has 1 aliphatic rings. The lowest BCUT2D eigenvalue weighted by molar-refractivity contribution is 0.0636. The minimum Gasteiger partial charge on any atom is -0.508 e. The Bertz CT molecular complexity index is 360. The Morgan fingerprint density at radius 1 is 1.33 bits per heavy atom. The summed E-state index contributed by atoms with van der Waals surface area (Å²) in [6.45, 7) is 0.423. The Labute approximate surface area is 88.9 Å². The van der Waals surface area contributed by atoms with Crippen LogP contribution in [-0.2, 0) is 0 Å². The number of carbonyl (C=O) groups excluding carboxylic acids is 1. The van der Waals surface area contributed by atoms with Crippen LogP contribution in [0.25, 0.3) is 0 Å². The maximum absolute atomic E-state index is 12.1. The summed E-state index contributed by atoms with van der Waals surface area (Å²) in [5.41, 5.74) is 6.00. The van der Waals surface area contributed by atoms with Crippen molar-refractivity contribution in [3.8, 4) is 5.75 Å². The number of nitrogens with two attached hydrogens (primary N) is 1. The van der Waals surface area contributed by atoms with E-state index in [0.717, 1.165) is 19.3 Å². The summed E-state index contributed by atoms with van der Waals surface area (Å²) in [5, 5.41) is 9.13. The molecule has 3 N–H and O–H groups in total. The lowest BCUT2D eigenvalue weighted by Crippen LogP contribution is -2.44. The molecule has 0 spiro atoms. The topological polar surface area (TPSA) is 63.3 Å². The summed E-state index contributed by atoms with van der Waals surface area (Å²) < 4.78 is 0. The van der Waals surface area contributed by atoms with Crippen LogP contribution in [0.5, 0.6) is 5.75 Å². The standard InChI is InChI=1S/C12H15NO2/c13-8-12(6-1-7-12)11(15)9-2-4-10(14)5-3-9/h2-5,14H,1,6-8,13H2.